The number of pyridine rings is 1. The molecule has 13 heavy (non-hydrogen) atoms. The Morgan fingerprint density at radius 1 is 1.31 bits per heavy atom. The van der Waals surface area contributed by atoms with E-state index in [9.17, 15) is 4.79 Å². The third-order valence-corrected chi connectivity index (χ3v) is 2.02. The molecule has 0 atom stereocenters. The van der Waals surface area contributed by atoms with Crippen molar-refractivity contribution in [1.29, 1.82) is 0 Å². The number of hydrogen-bond acceptors (Lipinski definition) is 2. The largest absolute Gasteiger partial charge is 0.387 e. The zero-order valence-corrected chi connectivity index (χ0v) is 7.29. The Morgan fingerprint density at radius 2 is 2.08 bits per heavy atom. The molecule has 1 aromatic heterocycles. The summed E-state index contributed by atoms with van der Waals surface area (Å²) in [6.07, 6.45) is 0. The predicted octanol–water partition coefficient (Wildman–Crippen LogP) is 1.57. The lowest BCUT2D eigenvalue weighted by Crippen LogP contribution is -2.06. The summed E-state index contributed by atoms with van der Waals surface area (Å²) in [5.41, 5.74) is 1.64. The quantitative estimate of drug-likeness (QED) is 0.689. The van der Waals surface area contributed by atoms with E-state index >= 15 is 0 Å². The van der Waals surface area contributed by atoms with Gasteiger partial charge in [0.2, 0.25) is 5.56 Å². The molecule has 0 radical (unpaired) electrons. The predicted molar refractivity (Wildman–Crippen MR) is 54.1 cm³/mol. The highest BCUT2D eigenvalue weighted by atomic mass is 16.1. The summed E-state index contributed by atoms with van der Waals surface area (Å²) in [7, 11) is 1.81. The van der Waals surface area contributed by atoms with Crippen LogP contribution in [-0.2, 0) is 0 Å². The normalized spacial score (nSPS) is 10.2. The van der Waals surface area contributed by atoms with E-state index in [1.807, 2.05) is 24.3 Å². The average Bonchev–Trinajstić information content (AvgIpc) is 2.16. The smallest absolute Gasteiger partial charge is 0.250 e. The van der Waals surface area contributed by atoms with Gasteiger partial charge in [-0.25, -0.2) is 0 Å². The van der Waals surface area contributed by atoms with E-state index in [2.05, 4.69) is 10.3 Å². The van der Waals surface area contributed by atoms with Crippen molar-refractivity contribution in [3.05, 3.63) is 40.7 Å². The van der Waals surface area contributed by atoms with Gasteiger partial charge in [-0.1, -0.05) is 18.2 Å². The minimum absolute atomic E-state index is 0.0805. The molecule has 0 aliphatic carbocycles. The molecule has 0 aliphatic heterocycles. The Bertz CT molecular complexity index is 487. The van der Waals surface area contributed by atoms with Gasteiger partial charge in [0.05, 0.1) is 5.52 Å². The zero-order chi connectivity index (χ0) is 9.26. The molecule has 66 valence electrons. The summed E-state index contributed by atoms with van der Waals surface area (Å²) in [4.78, 5) is 13.9. The summed E-state index contributed by atoms with van der Waals surface area (Å²) in [5, 5.41) is 4.02. The lowest BCUT2D eigenvalue weighted by atomic mass is 10.2. The zero-order valence-electron chi connectivity index (χ0n) is 7.29. The highest BCUT2D eigenvalue weighted by molar-refractivity contribution is 5.90. The van der Waals surface area contributed by atoms with E-state index in [0.29, 0.717) is 0 Å². The van der Waals surface area contributed by atoms with Crippen molar-refractivity contribution in [2.45, 2.75) is 0 Å². The monoisotopic (exact) mass is 174 g/mol. The summed E-state index contributed by atoms with van der Waals surface area (Å²) >= 11 is 0. The van der Waals surface area contributed by atoms with Gasteiger partial charge in [-0.05, 0) is 6.07 Å². The van der Waals surface area contributed by atoms with E-state index in [4.69, 9.17) is 0 Å². The average molecular weight is 174 g/mol. The van der Waals surface area contributed by atoms with Crippen LogP contribution in [0.15, 0.2) is 35.1 Å². The van der Waals surface area contributed by atoms with Crippen molar-refractivity contribution in [1.82, 2.24) is 4.98 Å². The molecule has 0 spiro atoms. The van der Waals surface area contributed by atoms with Crippen molar-refractivity contribution in [2.24, 2.45) is 0 Å². The number of fused-ring (bicyclic) bond motifs is 1. The van der Waals surface area contributed by atoms with Crippen LogP contribution in [0.5, 0.6) is 0 Å². The fraction of sp³-hybridized carbons (Fsp3) is 0.100. The molecule has 0 aliphatic rings. The number of rotatable bonds is 1. The number of benzene rings is 1. The number of H-pyrrole nitrogens is 1. The molecule has 0 unspecified atom stereocenters. The fourth-order valence-corrected chi connectivity index (χ4v) is 1.41. The van der Waals surface area contributed by atoms with E-state index in [0.717, 1.165) is 16.6 Å². The third-order valence-electron chi connectivity index (χ3n) is 2.02. The Morgan fingerprint density at radius 3 is 2.85 bits per heavy atom. The Hall–Kier alpha value is -1.77. The number of para-hydroxylation sites is 1. The molecule has 2 rings (SSSR count). The van der Waals surface area contributed by atoms with Gasteiger partial charge in [0.1, 0.15) is 0 Å². The van der Waals surface area contributed by atoms with Crippen molar-refractivity contribution in [2.75, 3.05) is 12.4 Å². The second-order valence-corrected chi connectivity index (χ2v) is 2.84. The second kappa shape index (κ2) is 2.94. The minimum atomic E-state index is -0.0805. The van der Waals surface area contributed by atoms with Crippen LogP contribution in [0, 0.1) is 0 Å². The van der Waals surface area contributed by atoms with Crippen molar-refractivity contribution < 1.29 is 0 Å². The molecule has 0 amide bonds. The van der Waals surface area contributed by atoms with Crippen LogP contribution in [0.1, 0.15) is 0 Å². The van der Waals surface area contributed by atoms with Crippen LogP contribution in [0.25, 0.3) is 10.9 Å². The van der Waals surface area contributed by atoms with Gasteiger partial charge in [-0.3, -0.25) is 4.79 Å². The summed E-state index contributed by atoms with van der Waals surface area (Å²) in [6, 6.07) is 9.26. The number of nitrogens with one attached hydrogen (secondary N) is 2. The van der Waals surface area contributed by atoms with E-state index < -0.39 is 0 Å². The topological polar surface area (TPSA) is 44.9 Å². The summed E-state index contributed by atoms with van der Waals surface area (Å²) < 4.78 is 0. The van der Waals surface area contributed by atoms with Gasteiger partial charge < -0.3 is 10.3 Å². The van der Waals surface area contributed by atoms with Crippen molar-refractivity contribution in [3.8, 4) is 0 Å². The molecule has 0 saturated carbocycles. The van der Waals surface area contributed by atoms with Gasteiger partial charge in [0.25, 0.3) is 0 Å². The molecular formula is C10H10N2O. The van der Waals surface area contributed by atoms with Crippen LogP contribution in [0.3, 0.4) is 0 Å². The molecule has 1 heterocycles. The molecule has 0 bridgehead atoms. The first-order valence-corrected chi connectivity index (χ1v) is 4.11. The lowest BCUT2D eigenvalue weighted by Gasteiger charge is -2.03. The third kappa shape index (κ3) is 1.28. The van der Waals surface area contributed by atoms with Gasteiger partial charge in [-0.15, -0.1) is 0 Å². The van der Waals surface area contributed by atoms with Crippen LogP contribution in [-0.4, -0.2) is 12.0 Å². The first-order valence-electron chi connectivity index (χ1n) is 4.11. The first-order chi connectivity index (χ1) is 6.31. The molecule has 0 saturated heterocycles. The number of anilines is 1. The Labute approximate surface area is 75.4 Å². The van der Waals surface area contributed by atoms with Crippen LogP contribution >= 0.6 is 0 Å². The highest BCUT2D eigenvalue weighted by Gasteiger charge is 1.99. The summed E-state index contributed by atoms with van der Waals surface area (Å²) in [6.45, 7) is 0. The molecule has 1 aromatic carbocycles. The highest BCUT2D eigenvalue weighted by Crippen LogP contribution is 2.17. The van der Waals surface area contributed by atoms with Crippen molar-refractivity contribution in [3.63, 3.8) is 0 Å². The molecule has 3 heteroatoms. The summed E-state index contributed by atoms with van der Waals surface area (Å²) in [5.74, 6) is 0. The maximum Gasteiger partial charge on any atom is 0.250 e. The van der Waals surface area contributed by atoms with Crippen LogP contribution in [0.4, 0.5) is 5.69 Å². The molecule has 0 fully saturated rings. The molecular weight excluding hydrogens is 164 g/mol. The van der Waals surface area contributed by atoms with Crippen molar-refractivity contribution >= 4 is 16.6 Å². The SMILES string of the molecule is CNc1cc(=O)[nH]c2ccccc12. The van der Waals surface area contributed by atoms with Gasteiger partial charge in [-0.2, -0.15) is 0 Å². The minimum Gasteiger partial charge on any atom is -0.387 e. The first kappa shape index (κ1) is 7.86. The van der Waals surface area contributed by atoms with Crippen LogP contribution < -0.4 is 10.9 Å². The van der Waals surface area contributed by atoms with E-state index in [-0.39, 0.29) is 5.56 Å². The second-order valence-electron chi connectivity index (χ2n) is 2.84. The van der Waals surface area contributed by atoms with Gasteiger partial charge in [0.15, 0.2) is 0 Å². The maximum atomic E-state index is 11.2. The van der Waals surface area contributed by atoms with E-state index in [1.165, 1.54) is 0 Å². The number of hydrogen-bond donors (Lipinski definition) is 2. The van der Waals surface area contributed by atoms with E-state index in [1.54, 1.807) is 13.1 Å². The Kier molecular flexibility index (Phi) is 1.77. The van der Waals surface area contributed by atoms with Crippen LogP contribution in [0.2, 0.25) is 0 Å². The maximum absolute atomic E-state index is 11.2. The number of aromatic nitrogens is 1. The molecule has 3 nitrogen and oxygen atoms in total. The number of aromatic amines is 1. The lowest BCUT2D eigenvalue weighted by molar-refractivity contribution is 1.30. The standard InChI is InChI=1S/C10H10N2O/c1-11-9-6-10(13)12-8-5-3-2-4-7(8)9/h2-6H,1H3,(H2,11,12,13). The van der Waals surface area contributed by atoms with Gasteiger partial charge in [0, 0.05) is 24.2 Å². The molecule has 2 aromatic rings. The Balaban J connectivity index is 2.89. The van der Waals surface area contributed by atoms with Gasteiger partial charge >= 0.3 is 0 Å². The molecule has 2 N–H and O–H groups in total. The fourth-order valence-electron chi connectivity index (χ4n) is 1.41.